The van der Waals surface area contributed by atoms with Gasteiger partial charge in [0.25, 0.3) is 11.8 Å². The quantitative estimate of drug-likeness (QED) is 0.514. The first-order chi connectivity index (χ1) is 15.5. The van der Waals surface area contributed by atoms with Crippen LogP contribution in [-0.4, -0.2) is 36.5 Å². The molecule has 2 amide bonds. The van der Waals surface area contributed by atoms with E-state index >= 15 is 0 Å². The van der Waals surface area contributed by atoms with E-state index in [0.29, 0.717) is 28.1 Å². The number of halogens is 1. The third kappa shape index (κ3) is 3.37. The van der Waals surface area contributed by atoms with E-state index in [9.17, 15) is 14.0 Å². The average Bonchev–Trinajstić information content (AvgIpc) is 3.22. The molecule has 1 aliphatic heterocycles. The van der Waals surface area contributed by atoms with Crippen LogP contribution in [0.2, 0.25) is 0 Å². The van der Waals surface area contributed by atoms with E-state index in [1.54, 1.807) is 49.5 Å². The summed E-state index contributed by atoms with van der Waals surface area (Å²) in [6, 6.07) is 20.0. The fourth-order valence-electron chi connectivity index (χ4n) is 3.98. The van der Waals surface area contributed by atoms with Gasteiger partial charge in [-0.05, 0) is 24.3 Å². The fourth-order valence-corrected chi connectivity index (χ4v) is 3.98. The number of H-pyrrole nitrogens is 1. The van der Waals surface area contributed by atoms with Crippen molar-refractivity contribution >= 4 is 28.4 Å². The van der Waals surface area contributed by atoms with Crippen LogP contribution in [0.1, 0.15) is 10.5 Å². The van der Waals surface area contributed by atoms with Gasteiger partial charge < -0.3 is 19.9 Å². The number of aromatic amines is 1. The Hall–Kier alpha value is -4.13. The summed E-state index contributed by atoms with van der Waals surface area (Å²) in [6.07, 6.45) is 0. The van der Waals surface area contributed by atoms with E-state index in [4.69, 9.17) is 4.74 Å². The Kier molecular flexibility index (Phi) is 4.86. The van der Waals surface area contributed by atoms with Crippen molar-refractivity contribution in [1.29, 1.82) is 0 Å². The third-order valence-electron chi connectivity index (χ3n) is 5.63. The molecule has 1 atom stereocenters. The number of para-hydroxylation sites is 3. The Morgan fingerprint density at radius 2 is 1.81 bits per heavy atom. The Morgan fingerprint density at radius 3 is 2.66 bits per heavy atom. The number of hydrogen-bond acceptors (Lipinski definition) is 3. The van der Waals surface area contributed by atoms with Crippen LogP contribution in [0.5, 0.6) is 5.75 Å². The van der Waals surface area contributed by atoms with Gasteiger partial charge in [0.2, 0.25) is 0 Å². The lowest BCUT2D eigenvalue weighted by Crippen LogP contribution is -2.49. The number of rotatable bonds is 3. The van der Waals surface area contributed by atoms with Crippen molar-refractivity contribution in [2.45, 2.75) is 6.04 Å². The number of anilines is 1. The van der Waals surface area contributed by atoms with Crippen LogP contribution in [0.4, 0.5) is 10.1 Å². The molecule has 0 saturated carbocycles. The van der Waals surface area contributed by atoms with Crippen molar-refractivity contribution in [3.63, 3.8) is 0 Å². The number of ether oxygens (including phenoxy) is 1. The normalized spacial score (nSPS) is 15.8. The van der Waals surface area contributed by atoms with Crippen LogP contribution >= 0.6 is 0 Å². The highest BCUT2D eigenvalue weighted by Gasteiger charge is 2.31. The molecular formula is C25H20FN3O3. The molecule has 0 radical (unpaired) electrons. The van der Waals surface area contributed by atoms with Gasteiger partial charge in [-0.1, -0.05) is 48.5 Å². The molecule has 2 N–H and O–H groups in total. The van der Waals surface area contributed by atoms with Crippen LogP contribution < -0.4 is 15.0 Å². The minimum atomic E-state index is -0.850. The molecule has 4 aromatic rings. The summed E-state index contributed by atoms with van der Waals surface area (Å²) in [5.74, 6) is -0.474. The van der Waals surface area contributed by atoms with Crippen LogP contribution in [0, 0.1) is 5.82 Å². The average molecular weight is 429 g/mol. The summed E-state index contributed by atoms with van der Waals surface area (Å²) in [6.45, 7) is 0.0205. The van der Waals surface area contributed by atoms with Gasteiger partial charge in [-0.15, -0.1) is 0 Å². The number of amides is 2. The van der Waals surface area contributed by atoms with Crippen molar-refractivity contribution in [2.24, 2.45) is 0 Å². The maximum Gasteiger partial charge on any atom is 0.268 e. The molecule has 0 unspecified atom stereocenters. The molecule has 7 heteroatoms. The van der Waals surface area contributed by atoms with E-state index in [1.807, 2.05) is 24.3 Å². The molecule has 1 aromatic heterocycles. The predicted octanol–water partition coefficient (Wildman–Crippen LogP) is 4.13. The van der Waals surface area contributed by atoms with Gasteiger partial charge in [-0.25, -0.2) is 4.39 Å². The minimum Gasteiger partial charge on any atom is -0.489 e. The maximum atomic E-state index is 14.4. The smallest absolute Gasteiger partial charge is 0.268 e. The van der Waals surface area contributed by atoms with Gasteiger partial charge in [-0.3, -0.25) is 9.59 Å². The second-order valence-corrected chi connectivity index (χ2v) is 7.63. The number of nitrogens with one attached hydrogen (secondary N) is 2. The Morgan fingerprint density at radius 1 is 1.06 bits per heavy atom. The molecule has 1 aliphatic rings. The zero-order chi connectivity index (χ0) is 22.2. The molecule has 0 spiro atoms. The number of carbonyl (C=O) groups excluding carboxylic acids is 2. The first kappa shape index (κ1) is 19.8. The van der Waals surface area contributed by atoms with Crippen molar-refractivity contribution in [3.8, 4) is 16.9 Å². The van der Waals surface area contributed by atoms with Gasteiger partial charge >= 0.3 is 0 Å². The molecule has 3 aromatic carbocycles. The van der Waals surface area contributed by atoms with E-state index in [0.717, 1.165) is 5.39 Å². The predicted molar refractivity (Wildman–Crippen MR) is 120 cm³/mol. The molecule has 0 saturated heterocycles. The van der Waals surface area contributed by atoms with Crippen molar-refractivity contribution in [1.82, 2.24) is 10.3 Å². The first-order valence-electron chi connectivity index (χ1n) is 10.2. The van der Waals surface area contributed by atoms with E-state index < -0.39 is 11.9 Å². The Labute approximate surface area is 183 Å². The highest BCUT2D eigenvalue weighted by atomic mass is 19.1. The molecule has 32 heavy (non-hydrogen) atoms. The summed E-state index contributed by atoms with van der Waals surface area (Å²) < 4.78 is 20.1. The maximum absolute atomic E-state index is 14.4. The lowest BCUT2D eigenvalue weighted by molar-refractivity contribution is -0.120. The molecule has 5 rings (SSSR count). The number of carbonyl (C=O) groups is 2. The second kappa shape index (κ2) is 7.85. The summed E-state index contributed by atoms with van der Waals surface area (Å²) in [5.41, 5.74) is 2.67. The highest BCUT2D eigenvalue weighted by Crippen LogP contribution is 2.31. The highest BCUT2D eigenvalue weighted by molar-refractivity contribution is 6.05. The number of likely N-dealkylation sites (N-methyl/N-ethyl adjacent to an activating group) is 1. The standard InChI is InChI=1S/C25H20FN3O3/c1-29-21-11-4-5-12-22(21)32-14-20(25(29)31)28-24(30)19-13-15-7-6-9-17(23(15)27-19)16-8-2-3-10-18(16)26/h2-13,20,27H,14H2,1H3,(H,28,30)/t20-/m0/s1. The topological polar surface area (TPSA) is 74.4 Å². The molecular weight excluding hydrogens is 409 g/mol. The van der Waals surface area contributed by atoms with Crippen molar-refractivity contribution < 1.29 is 18.7 Å². The van der Waals surface area contributed by atoms with Crippen LogP contribution in [0.3, 0.4) is 0 Å². The van der Waals surface area contributed by atoms with Crippen molar-refractivity contribution in [3.05, 3.63) is 84.3 Å². The number of benzene rings is 3. The number of aromatic nitrogens is 1. The Balaban J connectivity index is 1.43. The molecule has 0 fully saturated rings. The molecule has 6 nitrogen and oxygen atoms in total. The van der Waals surface area contributed by atoms with Gasteiger partial charge in [0.1, 0.15) is 29.9 Å². The van der Waals surface area contributed by atoms with E-state index in [1.165, 1.54) is 11.0 Å². The molecule has 0 bridgehead atoms. The molecule has 0 aliphatic carbocycles. The second-order valence-electron chi connectivity index (χ2n) is 7.63. The number of hydrogen-bond donors (Lipinski definition) is 2. The van der Waals surface area contributed by atoms with Gasteiger partial charge in [-0.2, -0.15) is 0 Å². The SMILES string of the molecule is CN1C(=O)[C@@H](NC(=O)c2cc3cccc(-c4ccccc4F)c3[nH]2)COc2ccccc21. The summed E-state index contributed by atoms with van der Waals surface area (Å²) in [4.78, 5) is 30.5. The number of fused-ring (bicyclic) bond motifs is 2. The van der Waals surface area contributed by atoms with Crippen LogP contribution in [0.15, 0.2) is 72.8 Å². The largest absolute Gasteiger partial charge is 0.489 e. The first-order valence-corrected chi connectivity index (χ1v) is 10.2. The lowest BCUT2D eigenvalue weighted by Gasteiger charge is -2.20. The fraction of sp³-hybridized carbons (Fsp3) is 0.120. The minimum absolute atomic E-state index is 0.0205. The zero-order valence-electron chi connectivity index (χ0n) is 17.3. The lowest BCUT2D eigenvalue weighted by atomic mass is 10.0. The van der Waals surface area contributed by atoms with Gasteiger partial charge in [0.05, 0.1) is 11.2 Å². The van der Waals surface area contributed by atoms with Crippen LogP contribution in [-0.2, 0) is 4.79 Å². The zero-order valence-corrected chi connectivity index (χ0v) is 17.3. The summed E-state index contributed by atoms with van der Waals surface area (Å²) in [5, 5.41) is 3.53. The number of nitrogens with zero attached hydrogens (tertiary/aromatic N) is 1. The van der Waals surface area contributed by atoms with Gasteiger partial charge in [0.15, 0.2) is 0 Å². The van der Waals surface area contributed by atoms with Crippen LogP contribution in [0.25, 0.3) is 22.0 Å². The Bertz CT molecular complexity index is 1350. The van der Waals surface area contributed by atoms with E-state index in [-0.39, 0.29) is 24.0 Å². The van der Waals surface area contributed by atoms with E-state index in [2.05, 4.69) is 10.3 Å². The molecule has 160 valence electrons. The monoisotopic (exact) mass is 429 g/mol. The summed E-state index contributed by atoms with van der Waals surface area (Å²) >= 11 is 0. The third-order valence-corrected chi connectivity index (χ3v) is 5.63. The van der Waals surface area contributed by atoms with Crippen molar-refractivity contribution in [2.75, 3.05) is 18.6 Å². The van der Waals surface area contributed by atoms with Gasteiger partial charge in [0, 0.05) is 23.6 Å². The molecule has 2 heterocycles. The summed E-state index contributed by atoms with van der Waals surface area (Å²) in [7, 11) is 1.65.